The van der Waals surface area contributed by atoms with E-state index in [0.717, 1.165) is 0 Å². The second kappa shape index (κ2) is 6.88. The maximum Gasteiger partial charge on any atom is 0.323 e. The Balaban J connectivity index is 4.08. The summed E-state index contributed by atoms with van der Waals surface area (Å²) < 4.78 is 9.31. The van der Waals surface area contributed by atoms with E-state index >= 15 is 0 Å². The van der Waals surface area contributed by atoms with E-state index in [1.165, 1.54) is 14.0 Å². The first kappa shape index (κ1) is 14.5. The average molecular weight is 252 g/mol. The van der Waals surface area contributed by atoms with Crippen molar-refractivity contribution in [3.63, 3.8) is 0 Å². The summed E-state index contributed by atoms with van der Waals surface area (Å²) in [7, 11) is 1.23. The van der Waals surface area contributed by atoms with Crippen LogP contribution in [-0.2, 0) is 25.9 Å². The van der Waals surface area contributed by atoms with Crippen molar-refractivity contribution in [1.82, 2.24) is 5.09 Å². The molecule has 0 fully saturated rings. The summed E-state index contributed by atoms with van der Waals surface area (Å²) >= 11 is 4.72. The minimum absolute atomic E-state index is 0.0329. The van der Waals surface area contributed by atoms with Crippen molar-refractivity contribution < 1.29 is 18.9 Å². The summed E-state index contributed by atoms with van der Waals surface area (Å²) in [5.41, 5.74) is 0. The fourth-order valence-corrected chi connectivity index (χ4v) is 2.43. The topological polar surface area (TPSA) is 91.6 Å². The lowest BCUT2D eigenvalue weighted by molar-refractivity contribution is -0.142. The van der Waals surface area contributed by atoms with Crippen LogP contribution in [0.15, 0.2) is 0 Å². The molecule has 0 aliphatic rings. The third-order valence-electron chi connectivity index (χ3n) is 1.39. The molecule has 15 heavy (non-hydrogen) atoms. The van der Waals surface area contributed by atoms with Gasteiger partial charge in [0.2, 0.25) is 0 Å². The monoisotopic (exact) mass is 252 g/mol. The van der Waals surface area contributed by atoms with E-state index in [2.05, 4.69) is 9.82 Å². The Morgan fingerprint density at radius 3 is 2.87 bits per heavy atom. The van der Waals surface area contributed by atoms with Crippen LogP contribution in [0.2, 0.25) is 0 Å². The lowest BCUT2D eigenvalue weighted by Crippen LogP contribution is -2.33. The molecule has 0 aliphatic carbocycles. The van der Waals surface area contributed by atoms with E-state index in [0.29, 0.717) is 0 Å². The second-order valence-corrected chi connectivity index (χ2v) is 5.68. The fourth-order valence-electron chi connectivity index (χ4n) is 0.726. The van der Waals surface area contributed by atoms with Crippen molar-refractivity contribution >= 4 is 24.4 Å². The normalized spacial score (nSPS) is 16.1. The van der Waals surface area contributed by atoms with Crippen molar-refractivity contribution in [2.45, 2.75) is 19.4 Å². The maximum absolute atomic E-state index is 11.0. The van der Waals surface area contributed by atoms with Gasteiger partial charge in [-0.15, -0.1) is 0 Å². The molecule has 0 saturated heterocycles. The van der Waals surface area contributed by atoms with Crippen LogP contribution in [0.3, 0.4) is 0 Å². The van der Waals surface area contributed by atoms with Gasteiger partial charge in [-0.2, -0.15) is 5.26 Å². The van der Waals surface area contributed by atoms with Gasteiger partial charge < -0.3 is 14.2 Å². The first-order valence-electron chi connectivity index (χ1n) is 4.13. The SMILES string of the molecule is COC(=O)[C@H](C)NP(O)(=S)OCCC#N. The number of carbonyl (C=O) groups excluding carboxylic acids is 1. The summed E-state index contributed by atoms with van der Waals surface area (Å²) in [4.78, 5) is 20.5. The first-order chi connectivity index (χ1) is 6.93. The quantitative estimate of drug-likeness (QED) is 0.398. The molecule has 0 radical (unpaired) electrons. The van der Waals surface area contributed by atoms with E-state index in [4.69, 9.17) is 21.6 Å². The number of nitriles is 1. The molecule has 1 unspecified atom stereocenters. The predicted molar refractivity (Wildman–Crippen MR) is 57.3 cm³/mol. The molecule has 6 nitrogen and oxygen atoms in total. The molecule has 86 valence electrons. The van der Waals surface area contributed by atoms with Gasteiger partial charge in [0.25, 0.3) is 6.64 Å². The smallest absolute Gasteiger partial charge is 0.323 e. The number of methoxy groups -OCH3 is 1. The van der Waals surface area contributed by atoms with Gasteiger partial charge in [0.05, 0.1) is 26.2 Å². The summed E-state index contributed by atoms with van der Waals surface area (Å²) in [5, 5.41) is 10.7. The van der Waals surface area contributed by atoms with Gasteiger partial charge in [0.1, 0.15) is 6.04 Å². The van der Waals surface area contributed by atoms with E-state index < -0.39 is 18.7 Å². The maximum atomic E-state index is 11.0. The van der Waals surface area contributed by atoms with E-state index in [1.807, 2.05) is 6.07 Å². The molecule has 0 amide bonds. The summed E-state index contributed by atoms with van der Waals surface area (Å²) in [5.74, 6) is -0.540. The van der Waals surface area contributed by atoms with Gasteiger partial charge in [-0.25, -0.2) is 5.09 Å². The minimum Gasteiger partial charge on any atom is -0.468 e. The van der Waals surface area contributed by atoms with Gasteiger partial charge >= 0.3 is 5.97 Å². The van der Waals surface area contributed by atoms with Crippen LogP contribution in [0, 0.1) is 11.3 Å². The number of rotatable bonds is 6. The molecule has 0 aromatic carbocycles. The van der Waals surface area contributed by atoms with Crippen LogP contribution in [0.25, 0.3) is 0 Å². The Labute approximate surface area is 93.4 Å². The molecule has 0 aliphatic heterocycles. The number of hydrogen-bond donors (Lipinski definition) is 2. The number of nitrogens with one attached hydrogen (secondary N) is 1. The summed E-state index contributed by atoms with van der Waals surface area (Å²) in [6, 6.07) is 1.10. The zero-order valence-electron chi connectivity index (χ0n) is 8.47. The number of esters is 1. The van der Waals surface area contributed by atoms with Gasteiger partial charge in [-0.05, 0) is 18.7 Å². The molecule has 2 atom stereocenters. The lowest BCUT2D eigenvalue weighted by Gasteiger charge is -2.19. The number of ether oxygens (including phenoxy) is 1. The molecule has 0 heterocycles. The van der Waals surface area contributed by atoms with Gasteiger partial charge in [0, 0.05) is 0 Å². The van der Waals surface area contributed by atoms with Gasteiger partial charge in [-0.3, -0.25) is 4.79 Å². The van der Waals surface area contributed by atoms with E-state index in [9.17, 15) is 9.69 Å². The fraction of sp³-hybridized carbons (Fsp3) is 0.714. The molecule has 0 spiro atoms. The lowest BCUT2D eigenvalue weighted by atomic mass is 10.4. The third kappa shape index (κ3) is 6.55. The Hall–Kier alpha value is -0.510. The predicted octanol–water partition coefficient (Wildman–Crippen LogP) is 0.285. The zero-order chi connectivity index (χ0) is 11.9. The van der Waals surface area contributed by atoms with Crippen molar-refractivity contribution in [3.8, 4) is 6.07 Å². The molecule has 0 saturated carbocycles. The third-order valence-corrected chi connectivity index (χ3v) is 3.27. The molecular weight excluding hydrogens is 239 g/mol. The van der Waals surface area contributed by atoms with Gasteiger partial charge in [-0.1, -0.05) is 0 Å². The van der Waals surface area contributed by atoms with Crippen LogP contribution in [0.4, 0.5) is 0 Å². The zero-order valence-corrected chi connectivity index (χ0v) is 10.2. The van der Waals surface area contributed by atoms with Crippen molar-refractivity contribution in [1.29, 1.82) is 5.26 Å². The molecule has 8 heteroatoms. The van der Waals surface area contributed by atoms with Crippen LogP contribution >= 0.6 is 6.64 Å². The highest BCUT2D eigenvalue weighted by Gasteiger charge is 2.22. The molecule has 0 rings (SSSR count). The largest absolute Gasteiger partial charge is 0.468 e. The first-order valence-corrected chi connectivity index (χ1v) is 6.80. The average Bonchev–Trinajstić information content (AvgIpc) is 2.16. The van der Waals surface area contributed by atoms with E-state index in [1.54, 1.807) is 0 Å². The van der Waals surface area contributed by atoms with Gasteiger partial charge in [0.15, 0.2) is 0 Å². The van der Waals surface area contributed by atoms with Crippen LogP contribution in [0.1, 0.15) is 13.3 Å². The van der Waals surface area contributed by atoms with Crippen LogP contribution < -0.4 is 5.09 Å². The van der Waals surface area contributed by atoms with Crippen molar-refractivity contribution in [2.75, 3.05) is 13.7 Å². The number of carbonyl (C=O) groups is 1. The Morgan fingerprint density at radius 2 is 2.40 bits per heavy atom. The Bertz CT molecular complexity index is 304. The molecule has 0 aromatic rings. The molecular formula is C7H13N2O4PS. The van der Waals surface area contributed by atoms with Crippen molar-refractivity contribution in [2.24, 2.45) is 0 Å². The standard InChI is InChI=1S/C7H13N2O4PS/c1-6(7(10)12-2)9-14(11,15)13-5-3-4-8/h6H,3,5H2,1-2H3,(H2,9,11,15)/t6-,14?/m0/s1. The molecule has 0 aromatic heterocycles. The van der Waals surface area contributed by atoms with Crippen LogP contribution in [0.5, 0.6) is 0 Å². The molecule has 2 N–H and O–H groups in total. The highest BCUT2D eigenvalue weighted by molar-refractivity contribution is 8.08. The Kier molecular flexibility index (Phi) is 6.65. The summed E-state index contributed by atoms with van der Waals surface area (Å²) in [6.07, 6.45) is 0.132. The molecule has 0 bridgehead atoms. The Morgan fingerprint density at radius 1 is 1.80 bits per heavy atom. The minimum atomic E-state index is -3.21. The summed E-state index contributed by atoms with van der Waals surface area (Å²) in [6.45, 7) is -1.68. The van der Waals surface area contributed by atoms with Crippen molar-refractivity contribution in [3.05, 3.63) is 0 Å². The van der Waals surface area contributed by atoms with E-state index in [-0.39, 0.29) is 13.0 Å². The highest BCUT2D eigenvalue weighted by atomic mass is 32.5. The second-order valence-electron chi connectivity index (χ2n) is 2.64. The highest BCUT2D eigenvalue weighted by Crippen LogP contribution is 2.37. The van der Waals surface area contributed by atoms with Crippen LogP contribution in [-0.4, -0.2) is 30.6 Å². The number of hydrogen-bond acceptors (Lipinski definition) is 5. The number of nitrogens with zero attached hydrogens (tertiary/aromatic N) is 1.